The lowest BCUT2D eigenvalue weighted by molar-refractivity contribution is 0.827. The van der Waals surface area contributed by atoms with Crippen molar-refractivity contribution in [2.24, 2.45) is 4.99 Å². The van der Waals surface area contributed by atoms with Crippen LogP contribution in [0, 0.1) is 0 Å². The predicted octanol–water partition coefficient (Wildman–Crippen LogP) is 11.4. The van der Waals surface area contributed by atoms with Gasteiger partial charge in [-0.15, -0.1) is 0 Å². The molecule has 2 N–H and O–H groups in total. The maximum absolute atomic E-state index is 5.39. The first-order valence-electron chi connectivity index (χ1n) is 17.4. The number of para-hydroxylation sites is 3. The molecule has 4 heteroatoms. The highest BCUT2D eigenvalue weighted by molar-refractivity contribution is 6.05. The van der Waals surface area contributed by atoms with E-state index in [1.54, 1.807) is 0 Å². The third kappa shape index (κ3) is 6.09. The second-order valence-electron chi connectivity index (χ2n) is 13.0. The van der Waals surface area contributed by atoms with Crippen LogP contribution < -0.4 is 15.5 Å². The number of rotatable bonds is 7. The van der Waals surface area contributed by atoms with Gasteiger partial charge < -0.3 is 15.5 Å². The molecule has 0 saturated carbocycles. The Morgan fingerprint density at radius 3 is 1.75 bits per heavy atom. The predicted molar refractivity (Wildman–Crippen MR) is 212 cm³/mol. The second kappa shape index (κ2) is 13.3. The van der Waals surface area contributed by atoms with Gasteiger partial charge in [-0.25, -0.2) is 0 Å². The van der Waals surface area contributed by atoms with Crippen molar-refractivity contribution in [3.63, 3.8) is 0 Å². The molecule has 51 heavy (non-hydrogen) atoms. The Balaban J connectivity index is 1.12. The van der Waals surface area contributed by atoms with Crippen molar-refractivity contribution in [1.29, 1.82) is 0 Å². The summed E-state index contributed by atoms with van der Waals surface area (Å²) < 4.78 is 0. The number of aliphatic imine (C=N–C) groups is 1. The quantitative estimate of drug-likeness (QED) is 0.179. The topological polar surface area (TPSA) is 39.7 Å². The highest BCUT2D eigenvalue weighted by atomic mass is 15.3. The van der Waals surface area contributed by atoms with E-state index in [2.05, 4.69) is 210 Å². The summed E-state index contributed by atoms with van der Waals surface area (Å²) in [5.41, 5.74) is 13.6. The lowest BCUT2D eigenvalue weighted by Crippen LogP contribution is -2.28. The Morgan fingerprint density at radius 2 is 1.00 bits per heavy atom. The van der Waals surface area contributed by atoms with Crippen LogP contribution in [0.4, 0.5) is 17.1 Å². The van der Waals surface area contributed by atoms with Gasteiger partial charge >= 0.3 is 0 Å². The molecule has 0 bridgehead atoms. The smallest absolute Gasteiger partial charge is 0.133 e. The molecule has 2 atom stereocenters. The lowest BCUT2D eigenvalue weighted by atomic mass is 9.95. The Bertz CT molecular complexity index is 2380. The van der Waals surface area contributed by atoms with Gasteiger partial charge in [0.25, 0.3) is 0 Å². The molecule has 2 aliphatic heterocycles. The largest absolute Gasteiger partial charge is 0.359 e. The average Bonchev–Trinajstić information content (AvgIpc) is 3.62. The van der Waals surface area contributed by atoms with E-state index in [1.807, 2.05) is 0 Å². The first-order valence-corrected chi connectivity index (χ1v) is 17.4. The van der Waals surface area contributed by atoms with E-state index in [0.29, 0.717) is 0 Å². The summed E-state index contributed by atoms with van der Waals surface area (Å²) in [5.74, 6) is 0.844. The fourth-order valence-corrected chi connectivity index (χ4v) is 7.17. The number of nitrogens with one attached hydrogen (secondary N) is 2. The van der Waals surface area contributed by atoms with Crippen LogP contribution >= 0.6 is 0 Å². The van der Waals surface area contributed by atoms with Crippen LogP contribution in [-0.4, -0.2) is 5.84 Å². The van der Waals surface area contributed by atoms with Crippen molar-refractivity contribution >= 4 is 28.6 Å². The molecule has 9 rings (SSSR count). The molecule has 0 aromatic heterocycles. The zero-order chi connectivity index (χ0) is 34.0. The summed E-state index contributed by atoms with van der Waals surface area (Å²) in [5, 5.41) is 7.56. The summed E-state index contributed by atoms with van der Waals surface area (Å²) in [6, 6.07) is 66.3. The number of fused-ring (bicyclic) bond motifs is 1. The van der Waals surface area contributed by atoms with Crippen LogP contribution in [0.15, 0.2) is 199 Å². The van der Waals surface area contributed by atoms with Gasteiger partial charge in [0.2, 0.25) is 0 Å². The van der Waals surface area contributed by atoms with Crippen molar-refractivity contribution in [2.75, 3.05) is 10.2 Å². The summed E-state index contributed by atoms with van der Waals surface area (Å²) in [6.45, 7) is 0. The van der Waals surface area contributed by atoms with Crippen LogP contribution in [0.2, 0.25) is 0 Å². The summed E-state index contributed by atoms with van der Waals surface area (Å²) in [7, 11) is 0. The maximum atomic E-state index is 5.39. The third-order valence-electron chi connectivity index (χ3n) is 9.69. The van der Waals surface area contributed by atoms with Gasteiger partial charge in [0.1, 0.15) is 12.0 Å². The third-order valence-corrected chi connectivity index (χ3v) is 9.69. The Kier molecular flexibility index (Phi) is 7.95. The lowest BCUT2D eigenvalue weighted by Gasteiger charge is -2.28. The number of hydrogen-bond acceptors (Lipinski definition) is 4. The normalized spacial score (nSPS) is 16.4. The van der Waals surface area contributed by atoms with Crippen molar-refractivity contribution in [2.45, 2.75) is 12.2 Å². The number of nitrogens with zero attached hydrogens (tertiary/aromatic N) is 2. The standard InChI is InChI=1S/C47H36N4/c1-4-15-33(16-5-1)35-19-12-21-37(29-35)43-32-44(38-22-13-20-36(30-38)34-17-6-2-7-18-34)49-46(48-43)39-23-14-24-40(31-39)47-50-42-27-10-11-28-45(42)51(47)41-25-8-3-9-26-41/h1-32,43,47,50H,(H,48,49). The molecule has 0 spiro atoms. The second-order valence-corrected chi connectivity index (χ2v) is 13.0. The van der Waals surface area contributed by atoms with Crippen molar-refractivity contribution in [3.8, 4) is 22.3 Å². The van der Waals surface area contributed by atoms with Gasteiger partial charge in [0.05, 0.1) is 17.4 Å². The van der Waals surface area contributed by atoms with Crippen LogP contribution in [0.5, 0.6) is 0 Å². The molecule has 4 nitrogen and oxygen atoms in total. The van der Waals surface area contributed by atoms with Crippen LogP contribution in [-0.2, 0) is 0 Å². The van der Waals surface area contributed by atoms with Crippen molar-refractivity contribution in [1.82, 2.24) is 5.32 Å². The van der Waals surface area contributed by atoms with Gasteiger partial charge in [-0.3, -0.25) is 4.99 Å². The van der Waals surface area contributed by atoms with Gasteiger partial charge in [-0.05, 0) is 87.5 Å². The Hall–Kier alpha value is -6.65. The minimum Gasteiger partial charge on any atom is -0.359 e. The first-order chi connectivity index (χ1) is 25.3. The summed E-state index contributed by atoms with van der Waals surface area (Å²) >= 11 is 0. The molecule has 2 heterocycles. The molecule has 7 aromatic carbocycles. The van der Waals surface area contributed by atoms with Crippen LogP contribution in [0.1, 0.15) is 34.5 Å². The first kappa shape index (κ1) is 30.4. The average molecular weight is 657 g/mol. The highest BCUT2D eigenvalue weighted by Crippen LogP contribution is 2.46. The number of hydrogen-bond donors (Lipinski definition) is 2. The van der Waals surface area contributed by atoms with Crippen LogP contribution in [0.25, 0.3) is 28.0 Å². The minimum absolute atomic E-state index is 0.0788. The SMILES string of the molecule is C1=C(c2cccc(-c3ccccc3)c2)NC(c2cccc(C3Nc4ccccc4N3c3ccccc3)c2)=NC1c1cccc(-c2ccccc2)c1. The molecular weight excluding hydrogens is 621 g/mol. The molecule has 0 fully saturated rings. The van der Waals surface area contributed by atoms with E-state index in [4.69, 9.17) is 4.99 Å². The van der Waals surface area contributed by atoms with Gasteiger partial charge in [0, 0.05) is 16.9 Å². The fourth-order valence-electron chi connectivity index (χ4n) is 7.17. The van der Waals surface area contributed by atoms with E-state index >= 15 is 0 Å². The number of anilines is 3. The Morgan fingerprint density at radius 1 is 0.451 bits per heavy atom. The van der Waals surface area contributed by atoms with Crippen molar-refractivity contribution in [3.05, 3.63) is 216 Å². The minimum atomic E-state index is -0.182. The van der Waals surface area contributed by atoms with Crippen LogP contribution in [0.3, 0.4) is 0 Å². The maximum Gasteiger partial charge on any atom is 0.133 e. The van der Waals surface area contributed by atoms with Gasteiger partial charge in [0.15, 0.2) is 0 Å². The molecular formula is C47H36N4. The molecule has 2 unspecified atom stereocenters. The molecule has 0 radical (unpaired) electrons. The summed E-state index contributed by atoms with van der Waals surface area (Å²) in [4.78, 5) is 7.77. The molecule has 7 aromatic rings. The molecule has 0 aliphatic carbocycles. The number of benzene rings is 7. The van der Waals surface area contributed by atoms with Crippen molar-refractivity contribution < 1.29 is 0 Å². The molecule has 0 amide bonds. The fraction of sp³-hybridized carbons (Fsp3) is 0.0426. The molecule has 244 valence electrons. The monoisotopic (exact) mass is 656 g/mol. The van der Waals surface area contributed by atoms with Gasteiger partial charge in [-0.1, -0.05) is 146 Å². The zero-order valence-corrected chi connectivity index (χ0v) is 28.0. The Labute approximate surface area is 299 Å². The summed E-state index contributed by atoms with van der Waals surface area (Å²) in [6.07, 6.45) is 2.18. The van der Waals surface area contributed by atoms with E-state index in [-0.39, 0.29) is 12.2 Å². The number of amidine groups is 1. The van der Waals surface area contributed by atoms with E-state index in [0.717, 1.165) is 50.8 Å². The van der Waals surface area contributed by atoms with E-state index < -0.39 is 0 Å². The highest BCUT2D eigenvalue weighted by Gasteiger charge is 2.31. The van der Waals surface area contributed by atoms with Gasteiger partial charge in [-0.2, -0.15) is 0 Å². The molecule has 0 saturated heterocycles. The van der Waals surface area contributed by atoms with E-state index in [1.165, 1.54) is 22.3 Å². The van der Waals surface area contributed by atoms with E-state index in [9.17, 15) is 0 Å². The molecule has 2 aliphatic rings. The zero-order valence-electron chi connectivity index (χ0n) is 28.0.